The van der Waals surface area contributed by atoms with Crippen molar-refractivity contribution in [1.82, 2.24) is 10.6 Å². The first kappa shape index (κ1) is 20.1. The maximum atomic E-state index is 12.4. The van der Waals surface area contributed by atoms with Crippen LogP contribution in [0, 0.1) is 0 Å². The Bertz CT molecular complexity index is 333. The van der Waals surface area contributed by atoms with E-state index in [4.69, 9.17) is 10.5 Å². The van der Waals surface area contributed by atoms with E-state index < -0.39 is 11.6 Å². The molecule has 1 fully saturated rings. The van der Waals surface area contributed by atoms with Gasteiger partial charge >= 0.3 is 0 Å². The van der Waals surface area contributed by atoms with Crippen molar-refractivity contribution >= 4 is 24.2 Å². The van der Waals surface area contributed by atoms with Crippen LogP contribution in [-0.4, -0.2) is 43.7 Å². The van der Waals surface area contributed by atoms with E-state index in [9.17, 15) is 9.59 Å². The summed E-state index contributed by atoms with van der Waals surface area (Å²) < 4.78 is 4.89. The molecule has 0 bridgehead atoms. The number of nitrogens with two attached hydrogens (primary N) is 1. The van der Waals surface area contributed by atoms with Crippen molar-refractivity contribution in [2.75, 3.05) is 20.3 Å². The summed E-state index contributed by atoms with van der Waals surface area (Å²) in [5.41, 5.74) is 4.94. The number of methoxy groups -OCH3 is 1. The van der Waals surface area contributed by atoms with Crippen LogP contribution in [0.2, 0.25) is 0 Å². The Morgan fingerprint density at radius 1 is 1.29 bits per heavy atom. The van der Waals surface area contributed by atoms with Crippen molar-refractivity contribution in [2.24, 2.45) is 5.73 Å². The molecule has 0 aliphatic heterocycles. The molecule has 1 unspecified atom stereocenters. The monoisotopic (exact) mass is 321 g/mol. The van der Waals surface area contributed by atoms with Crippen molar-refractivity contribution < 1.29 is 14.3 Å². The van der Waals surface area contributed by atoms with Crippen LogP contribution < -0.4 is 16.4 Å². The number of ether oxygens (including phenoxy) is 1. The fourth-order valence-electron chi connectivity index (χ4n) is 2.56. The highest BCUT2D eigenvalue weighted by Crippen LogP contribution is 2.28. The molecule has 0 saturated heterocycles. The summed E-state index contributed by atoms with van der Waals surface area (Å²) in [7, 11) is 1.50. The Morgan fingerprint density at radius 3 is 2.43 bits per heavy atom. The summed E-state index contributed by atoms with van der Waals surface area (Å²) in [6.07, 6.45) is 5.21. The zero-order valence-electron chi connectivity index (χ0n) is 12.9. The van der Waals surface area contributed by atoms with Gasteiger partial charge in [-0.15, -0.1) is 12.4 Å². The largest absolute Gasteiger partial charge is 0.383 e. The van der Waals surface area contributed by atoms with E-state index >= 15 is 0 Å². The molecule has 0 aromatic carbocycles. The normalized spacial score (nSPS) is 18.2. The molecule has 7 heteroatoms. The van der Waals surface area contributed by atoms with E-state index in [1.54, 1.807) is 0 Å². The molecule has 1 atom stereocenters. The Kier molecular flexibility index (Phi) is 9.57. The maximum Gasteiger partial charge on any atom is 0.245 e. The lowest BCUT2D eigenvalue weighted by Crippen LogP contribution is -2.62. The molecule has 1 rings (SSSR count). The predicted molar refractivity (Wildman–Crippen MR) is 84.4 cm³/mol. The second kappa shape index (κ2) is 9.97. The first-order valence-electron chi connectivity index (χ1n) is 7.40. The van der Waals surface area contributed by atoms with Gasteiger partial charge < -0.3 is 21.1 Å². The van der Waals surface area contributed by atoms with Gasteiger partial charge in [0.1, 0.15) is 11.6 Å². The van der Waals surface area contributed by atoms with Crippen LogP contribution in [0.25, 0.3) is 0 Å². The number of rotatable bonds is 7. The molecular weight excluding hydrogens is 294 g/mol. The number of carbonyl (C=O) groups is 2. The first-order valence-corrected chi connectivity index (χ1v) is 7.40. The smallest absolute Gasteiger partial charge is 0.245 e. The lowest BCUT2D eigenvalue weighted by atomic mass is 9.80. The van der Waals surface area contributed by atoms with E-state index in [0.29, 0.717) is 19.4 Å². The van der Waals surface area contributed by atoms with E-state index in [-0.39, 0.29) is 30.8 Å². The van der Waals surface area contributed by atoms with Gasteiger partial charge in [-0.1, -0.05) is 26.2 Å². The summed E-state index contributed by atoms with van der Waals surface area (Å²) in [4.78, 5) is 24.5. The molecule has 0 aromatic rings. The maximum absolute atomic E-state index is 12.4. The minimum absolute atomic E-state index is 0. The molecule has 21 heavy (non-hydrogen) atoms. The van der Waals surface area contributed by atoms with Crippen molar-refractivity contribution in [1.29, 1.82) is 0 Å². The van der Waals surface area contributed by atoms with Gasteiger partial charge in [0.15, 0.2) is 0 Å². The Morgan fingerprint density at radius 2 is 1.90 bits per heavy atom. The SMILES string of the molecule is CCCNC(=O)C1(NC(=O)C(N)COC)CCCCC1.Cl. The lowest BCUT2D eigenvalue weighted by molar-refractivity contribution is -0.136. The van der Waals surface area contributed by atoms with Crippen molar-refractivity contribution in [2.45, 2.75) is 57.0 Å². The highest BCUT2D eigenvalue weighted by molar-refractivity contribution is 5.93. The van der Waals surface area contributed by atoms with Gasteiger partial charge in [0.05, 0.1) is 6.61 Å². The molecule has 0 spiro atoms. The standard InChI is InChI=1S/C14H27N3O3.ClH/c1-3-9-16-13(19)14(7-5-4-6-8-14)17-12(18)11(15)10-20-2;/h11H,3-10,15H2,1-2H3,(H,16,19)(H,17,18);1H. The molecule has 124 valence electrons. The molecule has 6 nitrogen and oxygen atoms in total. The van der Waals surface area contributed by atoms with Gasteiger partial charge in [-0.25, -0.2) is 0 Å². The van der Waals surface area contributed by atoms with Crippen LogP contribution in [0.1, 0.15) is 45.4 Å². The summed E-state index contributed by atoms with van der Waals surface area (Å²) in [6, 6.07) is -0.738. The minimum Gasteiger partial charge on any atom is -0.383 e. The van der Waals surface area contributed by atoms with Crippen molar-refractivity contribution in [3.05, 3.63) is 0 Å². The Labute approximate surface area is 133 Å². The quantitative estimate of drug-likeness (QED) is 0.644. The Hall–Kier alpha value is -0.850. The van der Waals surface area contributed by atoms with Gasteiger partial charge in [-0.05, 0) is 19.3 Å². The third-order valence-electron chi connectivity index (χ3n) is 3.72. The molecule has 1 aliphatic rings. The van der Waals surface area contributed by atoms with Crippen LogP contribution in [0.3, 0.4) is 0 Å². The molecule has 0 aromatic heterocycles. The molecule has 1 saturated carbocycles. The van der Waals surface area contributed by atoms with Gasteiger partial charge in [0, 0.05) is 13.7 Å². The number of carbonyl (C=O) groups excluding carboxylic acids is 2. The number of hydrogen-bond acceptors (Lipinski definition) is 4. The average molecular weight is 322 g/mol. The number of nitrogens with one attached hydrogen (secondary N) is 2. The molecule has 0 heterocycles. The van der Waals surface area contributed by atoms with Gasteiger partial charge in [0.2, 0.25) is 11.8 Å². The summed E-state index contributed by atoms with van der Waals surface area (Å²) in [6.45, 7) is 2.78. The second-order valence-electron chi connectivity index (χ2n) is 5.45. The van der Waals surface area contributed by atoms with Crippen LogP contribution >= 0.6 is 12.4 Å². The first-order chi connectivity index (χ1) is 9.55. The third-order valence-corrected chi connectivity index (χ3v) is 3.72. The zero-order valence-corrected chi connectivity index (χ0v) is 13.8. The second-order valence-corrected chi connectivity index (χ2v) is 5.45. The van der Waals surface area contributed by atoms with Gasteiger partial charge in [0.25, 0.3) is 0 Å². The minimum atomic E-state index is -0.796. The van der Waals surface area contributed by atoms with E-state index in [1.165, 1.54) is 7.11 Å². The zero-order chi connectivity index (χ0) is 15.0. The molecular formula is C14H28ClN3O3. The molecule has 1 aliphatic carbocycles. The van der Waals surface area contributed by atoms with E-state index in [1.807, 2.05) is 6.92 Å². The molecule has 4 N–H and O–H groups in total. The fraction of sp³-hybridized carbons (Fsp3) is 0.857. The number of hydrogen-bond donors (Lipinski definition) is 3. The predicted octanol–water partition coefficient (Wildman–Crippen LogP) is 0.727. The lowest BCUT2D eigenvalue weighted by Gasteiger charge is -2.37. The average Bonchev–Trinajstić information content (AvgIpc) is 2.45. The van der Waals surface area contributed by atoms with Crippen molar-refractivity contribution in [3.8, 4) is 0 Å². The third kappa shape index (κ3) is 5.80. The summed E-state index contributed by atoms with van der Waals surface area (Å²) >= 11 is 0. The number of amides is 2. The van der Waals surface area contributed by atoms with Crippen LogP contribution in [0.5, 0.6) is 0 Å². The van der Waals surface area contributed by atoms with Crippen LogP contribution in [0.15, 0.2) is 0 Å². The number of halogens is 1. The van der Waals surface area contributed by atoms with E-state index in [2.05, 4.69) is 10.6 Å². The van der Waals surface area contributed by atoms with Gasteiger partial charge in [-0.3, -0.25) is 9.59 Å². The highest BCUT2D eigenvalue weighted by atomic mass is 35.5. The summed E-state index contributed by atoms with van der Waals surface area (Å²) in [5, 5.41) is 5.76. The van der Waals surface area contributed by atoms with Crippen LogP contribution in [-0.2, 0) is 14.3 Å². The van der Waals surface area contributed by atoms with E-state index in [0.717, 1.165) is 25.7 Å². The van der Waals surface area contributed by atoms with Gasteiger partial charge in [-0.2, -0.15) is 0 Å². The molecule has 2 amide bonds. The fourth-order valence-corrected chi connectivity index (χ4v) is 2.56. The van der Waals surface area contributed by atoms with Crippen molar-refractivity contribution in [3.63, 3.8) is 0 Å². The Balaban J connectivity index is 0.00000400. The molecule has 0 radical (unpaired) electrons. The topological polar surface area (TPSA) is 93.5 Å². The van der Waals surface area contributed by atoms with Crippen LogP contribution in [0.4, 0.5) is 0 Å². The highest BCUT2D eigenvalue weighted by Gasteiger charge is 2.41. The summed E-state index contributed by atoms with van der Waals surface area (Å²) in [5.74, 6) is -0.405.